The maximum absolute atomic E-state index is 12.5. The standard InChI is InChI=1S/C14H14ClF3N2O2/c15-10-5-3-9(4-6-10)8-19-12(21)11-2-1-7-20(11)13(22)14(16,17)18/h3-6,11H,1-2,7-8H2,(H,19,21). The van der Waals surface area contributed by atoms with Crippen LogP contribution < -0.4 is 5.32 Å². The Morgan fingerprint density at radius 1 is 1.27 bits per heavy atom. The number of nitrogens with one attached hydrogen (secondary N) is 1. The quantitative estimate of drug-likeness (QED) is 0.923. The summed E-state index contributed by atoms with van der Waals surface area (Å²) in [7, 11) is 0. The van der Waals surface area contributed by atoms with Crippen molar-refractivity contribution in [2.24, 2.45) is 0 Å². The summed E-state index contributed by atoms with van der Waals surface area (Å²) in [4.78, 5) is 23.9. The number of amides is 2. The molecule has 0 spiro atoms. The molecule has 4 nitrogen and oxygen atoms in total. The lowest BCUT2D eigenvalue weighted by atomic mass is 10.2. The largest absolute Gasteiger partial charge is 0.471 e. The SMILES string of the molecule is O=C(NCc1ccc(Cl)cc1)C1CCCN1C(=O)C(F)(F)F. The van der Waals surface area contributed by atoms with Crippen LogP contribution in [0.5, 0.6) is 0 Å². The van der Waals surface area contributed by atoms with Gasteiger partial charge in [-0.1, -0.05) is 23.7 Å². The molecular weight excluding hydrogens is 321 g/mol. The van der Waals surface area contributed by atoms with Gasteiger partial charge in [0.1, 0.15) is 6.04 Å². The van der Waals surface area contributed by atoms with Gasteiger partial charge in [0.05, 0.1) is 0 Å². The number of halogens is 4. The van der Waals surface area contributed by atoms with Gasteiger partial charge in [-0.2, -0.15) is 13.2 Å². The molecule has 1 saturated heterocycles. The first kappa shape index (κ1) is 16.6. The average Bonchev–Trinajstić information content (AvgIpc) is 2.93. The second-order valence-electron chi connectivity index (χ2n) is 5.00. The molecule has 1 aromatic carbocycles. The number of alkyl halides is 3. The highest BCUT2D eigenvalue weighted by atomic mass is 35.5. The molecule has 120 valence electrons. The first-order chi connectivity index (χ1) is 10.3. The Kier molecular flexibility index (Phi) is 4.95. The van der Waals surface area contributed by atoms with Crippen LogP contribution in [0.2, 0.25) is 5.02 Å². The molecule has 1 aliphatic rings. The van der Waals surface area contributed by atoms with Crippen molar-refractivity contribution in [3.8, 4) is 0 Å². The molecule has 2 rings (SSSR count). The van der Waals surface area contributed by atoms with Crippen molar-refractivity contribution in [2.75, 3.05) is 6.54 Å². The molecule has 2 amide bonds. The van der Waals surface area contributed by atoms with Crippen LogP contribution in [0.25, 0.3) is 0 Å². The highest BCUT2D eigenvalue weighted by Crippen LogP contribution is 2.25. The number of likely N-dealkylation sites (tertiary alicyclic amines) is 1. The smallest absolute Gasteiger partial charge is 0.350 e. The Labute approximate surface area is 130 Å². The number of benzene rings is 1. The van der Waals surface area contributed by atoms with E-state index in [9.17, 15) is 22.8 Å². The third-order valence-corrected chi connectivity index (χ3v) is 3.69. The summed E-state index contributed by atoms with van der Waals surface area (Å²) in [5.74, 6) is -2.54. The van der Waals surface area contributed by atoms with Crippen molar-refractivity contribution in [2.45, 2.75) is 31.6 Å². The number of rotatable bonds is 3. The molecule has 1 aromatic rings. The second-order valence-corrected chi connectivity index (χ2v) is 5.44. The van der Waals surface area contributed by atoms with Crippen LogP contribution in [-0.4, -0.2) is 35.5 Å². The predicted octanol–water partition coefficient (Wildman–Crippen LogP) is 2.51. The summed E-state index contributed by atoms with van der Waals surface area (Å²) in [6.07, 6.45) is -4.35. The van der Waals surface area contributed by atoms with Crippen molar-refractivity contribution in [1.82, 2.24) is 10.2 Å². The monoisotopic (exact) mass is 334 g/mol. The summed E-state index contributed by atoms with van der Waals surface area (Å²) in [5, 5.41) is 3.10. The molecule has 1 N–H and O–H groups in total. The van der Waals surface area contributed by atoms with E-state index in [2.05, 4.69) is 5.32 Å². The van der Waals surface area contributed by atoms with Crippen molar-refractivity contribution < 1.29 is 22.8 Å². The lowest BCUT2D eigenvalue weighted by Crippen LogP contribution is -2.50. The van der Waals surface area contributed by atoms with Gasteiger partial charge in [-0.25, -0.2) is 0 Å². The van der Waals surface area contributed by atoms with Gasteiger partial charge < -0.3 is 10.2 Å². The lowest BCUT2D eigenvalue weighted by molar-refractivity contribution is -0.186. The third kappa shape index (κ3) is 3.91. The van der Waals surface area contributed by atoms with E-state index in [0.29, 0.717) is 16.3 Å². The molecule has 22 heavy (non-hydrogen) atoms. The van der Waals surface area contributed by atoms with E-state index in [0.717, 1.165) is 5.56 Å². The van der Waals surface area contributed by atoms with E-state index in [-0.39, 0.29) is 19.5 Å². The molecular formula is C14H14ClF3N2O2. The molecule has 1 atom stereocenters. The topological polar surface area (TPSA) is 49.4 Å². The molecule has 8 heteroatoms. The molecule has 0 aromatic heterocycles. The minimum Gasteiger partial charge on any atom is -0.350 e. The maximum Gasteiger partial charge on any atom is 0.471 e. The lowest BCUT2D eigenvalue weighted by Gasteiger charge is -2.24. The van der Waals surface area contributed by atoms with Crippen LogP contribution in [0.4, 0.5) is 13.2 Å². The number of carbonyl (C=O) groups is 2. The Morgan fingerprint density at radius 3 is 2.50 bits per heavy atom. The minimum absolute atomic E-state index is 0.0582. The zero-order valence-electron chi connectivity index (χ0n) is 11.5. The van der Waals surface area contributed by atoms with Crippen LogP contribution >= 0.6 is 11.6 Å². The molecule has 1 aliphatic heterocycles. The van der Waals surface area contributed by atoms with Crippen molar-refractivity contribution in [1.29, 1.82) is 0 Å². The highest BCUT2D eigenvalue weighted by Gasteiger charge is 2.47. The molecule has 0 radical (unpaired) electrons. The Balaban J connectivity index is 1.96. The summed E-state index contributed by atoms with van der Waals surface area (Å²) < 4.78 is 37.5. The van der Waals surface area contributed by atoms with Gasteiger partial charge in [0.25, 0.3) is 0 Å². The minimum atomic E-state index is -4.96. The Hall–Kier alpha value is -1.76. The Bertz CT molecular complexity index is 560. The number of hydrogen-bond donors (Lipinski definition) is 1. The fourth-order valence-corrected chi connectivity index (χ4v) is 2.48. The molecule has 0 saturated carbocycles. The van der Waals surface area contributed by atoms with Gasteiger partial charge in [-0.05, 0) is 30.5 Å². The van der Waals surface area contributed by atoms with Crippen molar-refractivity contribution in [3.63, 3.8) is 0 Å². The molecule has 0 bridgehead atoms. The fraction of sp³-hybridized carbons (Fsp3) is 0.429. The molecule has 1 heterocycles. The zero-order chi connectivity index (χ0) is 16.3. The van der Waals surface area contributed by atoms with E-state index in [1.54, 1.807) is 24.3 Å². The second kappa shape index (κ2) is 6.56. The number of carbonyl (C=O) groups excluding carboxylic acids is 2. The average molecular weight is 335 g/mol. The Morgan fingerprint density at radius 2 is 1.91 bits per heavy atom. The van der Waals surface area contributed by atoms with E-state index in [1.807, 2.05) is 0 Å². The van der Waals surface area contributed by atoms with Gasteiger partial charge in [0, 0.05) is 18.1 Å². The third-order valence-electron chi connectivity index (χ3n) is 3.44. The fourth-order valence-electron chi connectivity index (χ4n) is 2.35. The number of hydrogen-bond acceptors (Lipinski definition) is 2. The normalized spacial score (nSPS) is 18.4. The first-order valence-corrected chi connectivity index (χ1v) is 7.07. The summed E-state index contributed by atoms with van der Waals surface area (Å²) in [6, 6.07) is 5.64. The highest BCUT2D eigenvalue weighted by molar-refractivity contribution is 6.30. The molecule has 1 fully saturated rings. The van der Waals surface area contributed by atoms with E-state index >= 15 is 0 Å². The van der Waals surface area contributed by atoms with Crippen LogP contribution in [0.1, 0.15) is 18.4 Å². The molecule has 1 unspecified atom stereocenters. The summed E-state index contributed by atoms with van der Waals surface area (Å²) in [5.41, 5.74) is 0.768. The summed E-state index contributed by atoms with van der Waals surface area (Å²) >= 11 is 5.74. The van der Waals surface area contributed by atoms with Crippen molar-refractivity contribution >= 4 is 23.4 Å². The van der Waals surface area contributed by atoms with Gasteiger partial charge >= 0.3 is 12.1 Å². The molecule has 0 aliphatic carbocycles. The van der Waals surface area contributed by atoms with Crippen molar-refractivity contribution in [3.05, 3.63) is 34.9 Å². The van der Waals surface area contributed by atoms with Gasteiger partial charge in [0.2, 0.25) is 5.91 Å². The first-order valence-electron chi connectivity index (χ1n) is 6.69. The van der Waals surface area contributed by atoms with E-state index in [4.69, 9.17) is 11.6 Å². The van der Waals surface area contributed by atoms with Crippen LogP contribution in [0, 0.1) is 0 Å². The summed E-state index contributed by atoms with van der Waals surface area (Å²) in [6.45, 7) is 0.109. The van der Waals surface area contributed by atoms with Gasteiger partial charge in [-0.3, -0.25) is 9.59 Å². The zero-order valence-corrected chi connectivity index (χ0v) is 12.2. The van der Waals surface area contributed by atoms with Gasteiger partial charge in [0.15, 0.2) is 0 Å². The van der Waals surface area contributed by atoms with Crippen LogP contribution in [0.15, 0.2) is 24.3 Å². The van der Waals surface area contributed by atoms with Crippen LogP contribution in [-0.2, 0) is 16.1 Å². The van der Waals surface area contributed by atoms with Crippen LogP contribution in [0.3, 0.4) is 0 Å². The van der Waals surface area contributed by atoms with E-state index < -0.39 is 24.0 Å². The van der Waals surface area contributed by atoms with E-state index in [1.165, 1.54) is 0 Å². The van der Waals surface area contributed by atoms with Gasteiger partial charge in [-0.15, -0.1) is 0 Å². The maximum atomic E-state index is 12.5. The number of nitrogens with zero attached hydrogens (tertiary/aromatic N) is 1. The predicted molar refractivity (Wildman–Crippen MR) is 74.1 cm³/mol.